The summed E-state index contributed by atoms with van der Waals surface area (Å²) in [5.74, 6) is 2.11. The molecule has 0 aliphatic carbocycles. The molecule has 0 spiro atoms. The molecule has 1 atom stereocenters. The average Bonchev–Trinajstić information content (AvgIpc) is 2.69. The third kappa shape index (κ3) is 5.54. The van der Waals surface area contributed by atoms with Gasteiger partial charge in [0.1, 0.15) is 0 Å². The smallest absolute Gasteiger partial charge is 0.294 e. The largest absolute Gasteiger partial charge is 0.392 e. The minimum absolute atomic E-state index is 0.00926. The van der Waals surface area contributed by atoms with E-state index in [2.05, 4.69) is 0 Å². The molecule has 1 unspecified atom stereocenters. The van der Waals surface area contributed by atoms with Crippen molar-refractivity contribution in [3.63, 3.8) is 0 Å². The maximum absolute atomic E-state index is 10.5. The van der Waals surface area contributed by atoms with Gasteiger partial charge in [-0.15, -0.1) is 0 Å². The monoisotopic (exact) mass is 276 g/mol. The van der Waals surface area contributed by atoms with Crippen LogP contribution < -0.4 is 0 Å². The molecule has 0 amide bonds. The Morgan fingerprint density at radius 1 is 1.29 bits per heavy atom. The predicted molar refractivity (Wildman–Crippen MR) is 68.9 cm³/mol. The fourth-order valence-electron chi connectivity index (χ4n) is 1.23. The predicted octanol–water partition coefficient (Wildman–Crippen LogP) is 1.73. The van der Waals surface area contributed by atoms with Gasteiger partial charge in [-0.05, 0) is 31.2 Å². The Hall–Kier alpha value is -0.560. The Morgan fingerprint density at radius 2 is 1.88 bits per heavy atom. The molecule has 96 valence electrons. The van der Waals surface area contributed by atoms with Crippen LogP contribution in [0.25, 0.3) is 0 Å². The topological polar surface area (TPSA) is 74.6 Å². The first-order valence-corrected chi connectivity index (χ1v) is 7.79. The molecule has 1 aromatic carbocycles. The molecule has 1 saturated heterocycles. The highest BCUT2D eigenvalue weighted by Crippen LogP contribution is 2.15. The number of rotatable bonds is 1. The van der Waals surface area contributed by atoms with Crippen molar-refractivity contribution in [2.45, 2.75) is 24.3 Å². The van der Waals surface area contributed by atoms with Crippen molar-refractivity contribution in [2.24, 2.45) is 0 Å². The number of aliphatic hydroxyl groups is 1. The second-order valence-corrected chi connectivity index (χ2v) is 6.38. The van der Waals surface area contributed by atoms with Crippen LogP contribution in [0, 0.1) is 6.92 Å². The summed E-state index contributed by atoms with van der Waals surface area (Å²) in [6.07, 6.45) is 1.01. The molecular weight excluding hydrogens is 260 g/mol. The van der Waals surface area contributed by atoms with E-state index in [1.54, 1.807) is 12.1 Å². The van der Waals surface area contributed by atoms with E-state index in [9.17, 15) is 8.42 Å². The molecule has 0 bridgehead atoms. The quantitative estimate of drug-likeness (QED) is 0.764. The maximum Gasteiger partial charge on any atom is 0.294 e. The Bertz CT molecular complexity index is 433. The van der Waals surface area contributed by atoms with Gasteiger partial charge < -0.3 is 5.11 Å². The van der Waals surface area contributed by atoms with Gasteiger partial charge >= 0.3 is 0 Å². The first kappa shape index (κ1) is 14.5. The SMILES string of the molecule is Cc1ccc(S(=O)(=O)O)cc1.OC1CCSC1. The number of hydrogen-bond donors (Lipinski definition) is 2. The fraction of sp³-hybridized carbons (Fsp3) is 0.455. The third-order valence-corrected chi connectivity index (χ3v) is 4.24. The normalized spacial score (nSPS) is 19.6. The van der Waals surface area contributed by atoms with Gasteiger partial charge in [-0.2, -0.15) is 20.2 Å². The van der Waals surface area contributed by atoms with Crippen molar-refractivity contribution in [1.29, 1.82) is 0 Å². The fourth-order valence-corrected chi connectivity index (χ4v) is 2.76. The lowest BCUT2D eigenvalue weighted by Gasteiger charge is -1.95. The molecule has 2 N–H and O–H groups in total. The van der Waals surface area contributed by atoms with E-state index in [4.69, 9.17) is 9.66 Å². The summed E-state index contributed by atoms with van der Waals surface area (Å²) >= 11 is 1.83. The van der Waals surface area contributed by atoms with E-state index in [0.717, 1.165) is 23.5 Å². The summed E-state index contributed by atoms with van der Waals surface area (Å²) in [7, 11) is -4.02. The van der Waals surface area contributed by atoms with E-state index in [1.807, 2.05) is 18.7 Å². The summed E-state index contributed by atoms with van der Waals surface area (Å²) in [5, 5.41) is 8.71. The van der Waals surface area contributed by atoms with Crippen molar-refractivity contribution >= 4 is 21.9 Å². The molecule has 1 aliphatic heterocycles. The zero-order valence-corrected chi connectivity index (χ0v) is 11.2. The Balaban J connectivity index is 0.000000202. The van der Waals surface area contributed by atoms with Gasteiger partial charge in [-0.3, -0.25) is 4.55 Å². The summed E-state index contributed by atoms with van der Waals surface area (Å²) in [5.41, 5.74) is 0.956. The van der Waals surface area contributed by atoms with Crippen LogP contribution in [0.5, 0.6) is 0 Å². The summed E-state index contributed by atoms with van der Waals surface area (Å²) in [4.78, 5) is -0.0666. The summed E-state index contributed by atoms with van der Waals surface area (Å²) in [6, 6.07) is 5.99. The highest BCUT2D eigenvalue weighted by atomic mass is 32.2. The van der Waals surface area contributed by atoms with Crippen LogP contribution in [0.15, 0.2) is 29.2 Å². The molecule has 0 radical (unpaired) electrons. The molecule has 1 heterocycles. The molecule has 6 heteroatoms. The van der Waals surface area contributed by atoms with Crippen molar-refractivity contribution in [3.8, 4) is 0 Å². The summed E-state index contributed by atoms with van der Waals surface area (Å²) in [6.45, 7) is 1.84. The average molecular weight is 276 g/mol. The zero-order chi connectivity index (χ0) is 12.9. The number of aliphatic hydroxyl groups excluding tert-OH is 1. The Labute approximate surface area is 106 Å². The molecule has 0 aromatic heterocycles. The van der Waals surface area contributed by atoms with Gasteiger partial charge in [-0.25, -0.2) is 0 Å². The van der Waals surface area contributed by atoms with Crippen LogP contribution >= 0.6 is 11.8 Å². The first-order chi connectivity index (χ1) is 7.89. The van der Waals surface area contributed by atoms with Gasteiger partial charge in [0.15, 0.2) is 0 Å². The second-order valence-electron chi connectivity index (χ2n) is 3.81. The van der Waals surface area contributed by atoms with Crippen LogP contribution in [-0.4, -0.2) is 35.7 Å². The molecule has 1 aliphatic rings. The van der Waals surface area contributed by atoms with E-state index in [1.165, 1.54) is 12.1 Å². The second kappa shape index (κ2) is 6.39. The molecule has 1 fully saturated rings. The highest BCUT2D eigenvalue weighted by Gasteiger charge is 2.09. The number of hydrogen-bond acceptors (Lipinski definition) is 4. The van der Waals surface area contributed by atoms with E-state index < -0.39 is 10.1 Å². The number of benzene rings is 1. The molecule has 0 saturated carbocycles. The van der Waals surface area contributed by atoms with Crippen LogP contribution in [0.1, 0.15) is 12.0 Å². The van der Waals surface area contributed by atoms with Crippen molar-refractivity contribution < 1.29 is 18.1 Å². The van der Waals surface area contributed by atoms with Gasteiger partial charge in [0.25, 0.3) is 10.1 Å². The Kier molecular flexibility index (Phi) is 5.45. The number of thioether (sulfide) groups is 1. The minimum Gasteiger partial charge on any atom is -0.392 e. The lowest BCUT2D eigenvalue weighted by Crippen LogP contribution is -2.00. The summed E-state index contributed by atoms with van der Waals surface area (Å²) < 4.78 is 29.6. The van der Waals surface area contributed by atoms with Gasteiger partial charge in [0, 0.05) is 5.75 Å². The van der Waals surface area contributed by atoms with Crippen molar-refractivity contribution in [2.75, 3.05) is 11.5 Å². The molecule has 1 aromatic rings. The lowest BCUT2D eigenvalue weighted by atomic mass is 10.2. The van der Waals surface area contributed by atoms with E-state index >= 15 is 0 Å². The van der Waals surface area contributed by atoms with E-state index in [-0.39, 0.29) is 11.0 Å². The van der Waals surface area contributed by atoms with Gasteiger partial charge in [-0.1, -0.05) is 17.7 Å². The highest BCUT2D eigenvalue weighted by molar-refractivity contribution is 7.99. The first-order valence-electron chi connectivity index (χ1n) is 5.19. The van der Waals surface area contributed by atoms with Crippen LogP contribution in [0.4, 0.5) is 0 Å². The van der Waals surface area contributed by atoms with Crippen LogP contribution in [0.2, 0.25) is 0 Å². The van der Waals surface area contributed by atoms with E-state index in [0.29, 0.717) is 0 Å². The van der Waals surface area contributed by atoms with Crippen molar-refractivity contribution in [3.05, 3.63) is 29.8 Å². The molecule has 4 nitrogen and oxygen atoms in total. The van der Waals surface area contributed by atoms with Gasteiger partial charge in [0.05, 0.1) is 11.0 Å². The van der Waals surface area contributed by atoms with Crippen LogP contribution in [-0.2, 0) is 10.1 Å². The minimum atomic E-state index is -4.02. The standard InChI is InChI=1S/C7H8O3S.C4H8OS/c1-6-2-4-7(5-3-6)11(8,9)10;5-4-1-2-6-3-4/h2-5H,1H3,(H,8,9,10);4-5H,1-3H2. The van der Waals surface area contributed by atoms with Crippen molar-refractivity contribution in [1.82, 2.24) is 0 Å². The maximum atomic E-state index is 10.5. The molecular formula is C11H16O4S2. The number of aryl methyl sites for hydroxylation is 1. The molecule has 17 heavy (non-hydrogen) atoms. The molecule has 2 rings (SSSR count). The van der Waals surface area contributed by atoms with Gasteiger partial charge in [0.2, 0.25) is 0 Å². The zero-order valence-electron chi connectivity index (χ0n) is 9.54. The van der Waals surface area contributed by atoms with Crippen LogP contribution in [0.3, 0.4) is 0 Å². The third-order valence-electron chi connectivity index (χ3n) is 2.22. The Morgan fingerprint density at radius 3 is 2.18 bits per heavy atom. The lowest BCUT2D eigenvalue weighted by molar-refractivity contribution is 0.203.